The van der Waals surface area contributed by atoms with Crippen molar-refractivity contribution >= 4 is 10.2 Å². The fourth-order valence-electron chi connectivity index (χ4n) is 2.90. The van der Waals surface area contributed by atoms with Gasteiger partial charge in [-0.15, -0.1) is 0 Å². The van der Waals surface area contributed by atoms with Crippen LogP contribution in [0.15, 0.2) is 0 Å². The molecule has 2 atom stereocenters. The second-order valence-electron chi connectivity index (χ2n) is 6.04. The molecule has 118 valence electrons. The smallest absolute Gasteiger partial charge is 0.279 e. The van der Waals surface area contributed by atoms with Crippen LogP contribution in [0.2, 0.25) is 0 Å². The lowest BCUT2D eigenvalue weighted by atomic mass is 10.0. The number of rotatable bonds is 5. The number of nitrogens with zero attached hydrogens (tertiary/aromatic N) is 2. The van der Waals surface area contributed by atoms with Gasteiger partial charge in [-0.25, -0.2) is 0 Å². The highest BCUT2D eigenvalue weighted by Crippen LogP contribution is 2.17. The number of hydrogen-bond donors (Lipinski definition) is 1. The molecule has 0 aromatic carbocycles. The fourth-order valence-corrected chi connectivity index (χ4v) is 4.45. The second-order valence-corrected chi connectivity index (χ2v) is 7.74. The van der Waals surface area contributed by atoms with Crippen molar-refractivity contribution in [1.29, 1.82) is 0 Å². The highest BCUT2D eigenvalue weighted by atomic mass is 32.2. The summed E-state index contributed by atoms with van der Waals surface area (Å²) in [5.74, 6) is 0.454. The Labute approximate surface area is 122 Å². The van der Waals surface area contributed by atoms with Crippen molar-refractivity contribution in [1.82, 2.24) is 13.9 Å². The lowest BCUT2D eigenvalue weighted by Gasteiger charge is -2.33. The Morgan fingerprint density at radius 2 is 2.00 bits per heavy atom. The summed E-state index contributed by atoms with van der Waals surface area (Å²) < 4.78 is 34.4. The van der Waals surface area contributed by atoms with Crippen molar-refractivity contribution < 1.29 is 13.2 Å². The molecule has 0 aromatic heterocycles. The number of morpholine rings is 1. The zero-order chi connectivity index (χ0) is 14.6. The minimum Gasteiger partial charge on any atom is -0.379 e. The maximum absolute atomic E-state index is 12.4. The van der Waals surface area contributed by atoms with Crippen molar-refractivity contribution in [3.05, 3.63) is 0 Å². The van der Waals surface area contributed by atoms with Crippen molar-refractivity contribution in [2.45, 2.75) is 32.7 Å². The van der Waals surface area contributed by atoms with Gasteiger partial charge in [0.15, 0.2) is 0 Å². The monoisotopic (exact) mass is 305 g/mol. The Hall–Kier alpha value is -0.210. The van der Waals surface area contributed by atoms with Crippen molar-refractivity contribution in [2.75, 3.05) is 45.9 Å². The molecule has 0 aliphatic carbocycles. The molecule has 2 rings (SSSR count). The maximum Gasteiger partial charge on any atom is 0.279 e. The molecule has 0 spiro atoms. The fraction of sp³-hybridized carbons (Fsp3) is 1.00. The highest BCUT2D eigenvalue weighted by Gasteiger charge is 2.28. The molecule has 7 heteroatoms. The number of hydrogen-bond acceptors (Lipinski definition) is 4. The molecule has 0 unspecified atom stereocenters. The van der Waals surface area contributed by atoms with E-state index in [1.54, 1.807) is 4.31 Å². The Morgan fingerprint density at radius 3 is 2.65 bits per heavy atom. The Balaban J connectivity index is 1.83. The van der Waals surface area contributed by atoms with E-state index in [-0.39, 0.29) is 6.04 Å². The van der Waals surface area contributed by atoms with Gasteiger partial charge in [-0.3, -0.25) is 4.90 Å². The van der Waals surface area contributed by atoms with Crippen LogP contribution in [-0.4, -0.2) is 69.6 Å². The molecule has 0 radical (unpaired) electrons. The normalized spacial score (nSPS) is 28.4. The summed E-state index contributed by atoms with van der Waals surface area (Å²) in [7, 11) is -3.34. The van der Waals surface area contributed by atoms with Crippen LogP contribution in [0.5, 0.6) is 0 Å². The van der Waals surface area contributed by atoms with E-state index in [4.69, 9.17) is 4.74 Å². The van der Waals surface area contributed by atoms with Crippen LogP contribution in [0.3, 0.4) is 0 Å². The SMILES string of the molecule is C[C@@H]1CCCN(S(=O)(=O)N[C@H](C)CN2CCOCC2)C1. The first-order valence-electron chi connectivity index (χ1n) is 7.55. The summed E-state index contributed by atoms with van der Waals surface area (Å²) in [5, 5.41) is 0. The molecule has 2 aliphatic heterocycles. The summed E-state index contributed by atoms with van der Waals surface area (Å²) in [6.07, 6.45) is 2.08. The average Bonchev–Trinajstić information content (AvgIpc) is 2.39. The van der Waals surface area contributed by atoms with Crippen LogP contribution in [0.4, 0.5) is 0 Å². The predicted octanol–water partition coefficient (Wildman–Crippen LogP) is 0.273. The minimum atomic E-state index is -3.34. The van der Waals surface area contributed by atoms with Gasteiger partial charge in [0.2, 0.25) is 0 Å². The summed E-state index contributed by atoms with van der Waals surface area (Å²) >= 11 is 0. The molecule has 0 saturated carbocycles. The van der Waals surface area contributed by atoms with E-state index in [1.165, 1.54) is 0 Å². The summed E-state index contributed by atoms with van der Waals surface area (Å²) in [6.45, 7) is 9.31. The molecular formula is C13H27N3O3S. The summed E-state index contributed by atoms with van der Waals surface area (Å²) in [4.78, 5) is 2.25. The molecule has 0 amide bonds. The topological polar surface area (TPSA) is 61.9 Å². The van der Waals surface area contributed by atoms with E-state index in [9.17, 15) is 8.42 Å². The molecule has 2 heterocycles. The summed E-state index contributed by atoms with van der Waals surface area (Å²) in [6, 6.07) is -0.0738. The summed E-state index contributed by atoms with van der Waals surface area (Å²) in [5.41, 5.74) is 0. The maximum atomic E-state index is 12.4. The third-order valence-electron chi connectivity index (χ3n) is 3.95. The third-order valence-corrected chi connectivity index (χ3v) is 5.66. The van der Waals surface area contributed by atoms with E-state index in [0.717, 1.165) is 45.7 Å². The lowest BCUT2D eigenvalue weighted by molar-refractivity contribution is 0.0353. The lowest BCUT2D eigenvalue weighted by Crippen LogP contribution is -2.51. The van der Waals surface area contributed by atoms with Gasteiger partial charge in [-0.1, -0.05) is 6.92 Å². The zero-order valence-corrected chi connectivity index (χ0v) is 13.4. The second kappa shape index (κ2) is 7.17. The predicted molar refractivity (Wildman–Crippen MR) is 78.7 cm³/mol. The van der Waals surface area contributed by atoms with Gasteiger partial charge < -0.3 is 4.74 Å². The van der Waals surface area contributed by atoms with Crippen LogP contribution < -0.4 is 4.72 Å². The van der Waals surface area contributed by atoms with Crippen molar-refractivity contribution in [3.63, 3.8) is 0 Å². The number of nitrogens with one attached hydrogen (secondary N) is 1. The molecule has 0 aromatic rings. The van der Waals surface area contributed by atoms with E-state index >= 15 is 0 Å². The Kier molecular flexibility index (Phi) is 5.80. The molecule has 2 saturated heterocycles. The molecule has 2 fully saturated rings. The number of piperidine rings is 1. The van der Waals surface area contributed by atoms with Gasteiger partial charge >= 0.3 is 0 Å². The van der Waals surface area contributed by atoms with Crippen LogP contribution in [0.1, 0.15) is 26.7 Å². The van der Waals surface area contributed by atoms with E-state index in [1.807, 2.05) is 6.92 Å². The van der Waals surface area contributed by atoms with E-state index < -0.39 is 10.2 Å². The number of ether oxygens (including phenoxy) is 1. The standard InChI is InChI=1S/C13H27N3O3S/c1-12-4-3-5-16(10-12)20(17,18)14-13(2)11-15-6-8-19-9-7-15/h12-14H,3-11H2,1-2H3/t12-,13-/m1/s1. The van der Waals surface area contributed by atoms with Gasteiger partial charge in [0.05, 0.1) is 13.2 Å². The largest absolute Gasteiger partial charge is 0.379 e. The van der Waals surface area contributed by atoms with Crippen LogP contribution >= 0.6 is 0 Å². The van der Waals surface area contributed by atoms with Crippen molar-refractivity contribution in [3.8, 4) is 0 Å². The molecule has 1 N–H and O–H groups in total. The van der Waals surface area contributed by atoms with Gasteiger partial charge in [0.25, 0.3) is 10.2 Å². The van der Waals surface area contributed by atoms with Crippen molar-refractivity contribution in [2.24, 2.45) is 5.92 Å². The van der Waals surface area contributed by atoms with Crippen LogP contribution in [0.25, 0.3) is 0 Å². The first-order chi connectivity index (χ1) is 9.47. The first-order valence-corrected chi connectivity index (χ1v) is 8.99. The quantitative estimate of drug-likeness (QED) is 0.792. The van der Waals surface area contributed by atoms with Crippen LogP contribution in [0, 0.1) is 5.92 Å². The molecule has 2 aliphatic rings. The molecule has 20 heavy (non-hydrogen) atoms. The zero-order valence-electron chi connectivity index (χ0n) is 12.5. The van der Waals surface area contributed by atoms with E-state index in [2.05, 4.69) is 16.5 Å². The Bertz CT molecular complexity index is 396. The molecule has 6 nitrogen and oxygen atoms in total. The third kappa shape index (κ3) is 4.66. The van der Waals surface area contributed by atoms with E-state index in [0.29, 0.717) is 19.0 Å². The Morgan fingerprint density at radius 1 is 1.30 bits per heavy atom. The highest BCUT2D eigenvalue weighted by molar-refractivity contribution is 7.87. The molecular weight excluding hydrogens is 278 g/mol. The average molecular weight is 305 g/mol. The van der Waals surface area contributed by atoms with Gasteiger partial charge in [-0.2, -0.15) is 17.4 Å². The van der Waals surface area contributed by atoms with Gasteiger partial charge in [0.1, 0.15) is 0 Å². The van der Waals surface area contributed by atoms with Crippen LogP contribution in [-0.2, 0) is 14.9 Å². The molecule has 0 bridgehead atoms. The van der Waals surface area contributed by atoms with Gasteiger partial charge in [0, 0.05) is 38.8 Å². The first kappa shape index (κ1) is 16.2. The minimum absolute atomic E-state index is 0.0738. The van der Waals surface area contributed by atoms with Gasteiger partial charge in [-0.05, 0) is 25.7 Å².